The van der Waals surface area contributed by atoms with Gasteiger partial charge in [0.15, 0.2) is 0 Å². The molecule has 0 aliphatic rings. The highest BCUT2D eigenvalue weighted by atomic mass is 16.5. The molecule has 2 unspecified atom stereocenters. The van der Waals surface area contributed by atoms with Crippen LogP contribution in [0, 0.1) is 0 Å². The van der Waals surface area contributed by atoms with E-state index in [2.05, 4.69) is 12.2 Å². The van der Waals surface area contributed by atoms with Crippen LogP contribution in [0.5, 0.6) is 0 Å². The Labute approximate surface area is 99.0 Å². The van der Waals surface area contributed by atoms with Crippen molar-refractivity contribution in [1.29, 1.82) is 0 Å². The second-order valence-corrected chi connectivity index (χ2v) is 4.07. The van der Waals surface area contributed by atoms with Gasteiger partial charge in [0.25, 0.3) is 0 Å². The van der Waals surface area contributed by atoms with E-state index >= 15 is 0 Å². The summed E-state index contributed by atoms with van der Waals surface area (Å²) in [6.07, 6.45) is 5.20. The number of rotatable bonds is 11. The lowest BCUT2D eigenvalue weighted by Gasteiger charge is -2.22. The van der Waals surface area contributed by atoms with Crippen LogP contribution in [0.1, 0.15) is 45.4 Å². The molecule has 0 saturated carbocycles. The fourth-order valence-electron chi connectivity index (χ4n) is 1.60. The Morgan fingerprint density at radius 1 is 1.19 bits per heavy atom. The Kier molecular flexibility index (Phi) is 11.2. The van der Waals surface area contributed by atoms with E-state index < -0.39 is 6.23 Å². The van der Waals surface area contributed by atoms with Gasteiger partial charge in [0.1, 0.15) is 6.23 Å². The molecule has 2 atom stereocenters. The molecule has 0 aliphatic heterocycles. The molecule has 98 valence electrons. The second-order valence-electron chi connectivity index (χ2n) is 4.07. The quantitative estimate of drug-likeness (QED) is 0.371. The number of unbranched alkanes of at least 4 members (excludes halogenated alkanes) is 3. The van der Waals surface area contributed by atoms with Gasteiger partial charge in [-0.1, -0.05) is 26.2 Å². The molecule has 0 rings (SSSR count). The second kappa shape index (κ2) is 11.3. The van der Waals surface area contributed by atoms with Crippen LogP contribution < -0.4 is 5.32 Å². The molecule has 0 aliphatic carbocycles. The van der Waals surface area contributed by atoms with Gasteiger partial charge in [-0.2, -0.15) is 0 Å². The van der Waals surface area contributed by atoms with Gasteiger partial charge in [-0.25, -0.2) is 0 Å². The summed E-state index contributed by atoms with van der Waals surface area (Å²) in [6, 6.07) is 0. The van der Waals surface area contributed by atoms with Crippen molar-refractivity contribution >= 4 is 0 Å². The van der Waals surface area contributed by atoms with E-state index in [1.807, 2.05) is 0 Å². The number of aliphatic hydroxyl groups is 2. The topological polar surface area (TPSA) is 61.7 Å². The van der Waals surface area contributed by atoms with Crippen LogP contribution in [-0.2, 0) is 4.74 Å². The number of nitrogens with one attached hydrogen (secondary N) is 1. The van der Waals surface area contributed by atoms with Crippen LogP contribution in [0.3, 0.4) is 0 Å². The Bertz CT molecular complexity index is 144. The fraction of sp³-hybridized carbons (Fsp3) is 1.00. The zero-order chi connectivity index (χ0) is 12.2. The minimum atomic E-state index is -0.572. The first kappa shape index (κ1) is 15.8. The Hall–Kier alpha value is -0.160. The third-order valence-corrected chi connectivity index (χ3v) is 2.61. The number of hydrogen-bond acceptors (Lipinski definition) is 4. The van der Waals surface area contributed by atoms with Crippen molar-refractivity contribution in [2.45, 2.75) is 57.8 Å². The van der Waals surface area contributed by atoms with Gasteiger partial charge in [-0.3, -0.25) is 5.32 Å². The molecular weight excluding hydrogens is 206 g/mol. The van der Waals surface area contributed by atoms with E-state index in [1.54, 1.807) is 7.05 Å². The summed E-state index contributed by atoms with van der Waals surface area (Å²) in [5, 5.41) is 21.0. The van der Waals surface area contributed by atoms with Gasteiger partial charge >= 0.3 is 0 Å². The van der Waals surface area contributed by atoms with E-state index in [0.29, 0.717) is 6.61 Å². The molecule has 4 heteroatoms. The average molecular weight is 233 g/mol. The molecule has 0 spiro atoms. The first-order valence-corrected chi connectivity index (χ1v) is 6.34. The maximum atomic E-state index is 9.62. The minimum absolute atomic E-state index is 0.104. The SMILES string of the molecule is CCCC(OCCCCCCO)C(O)NC. The van der Waals surface area contributed by atoms with Crippen LogP contribution in [0.2, 0.25) is 0 Å². The molecule has 16 heavy (non-hydrogen) atoms. The van der Waals surface area contributed by atoms with Gasteiger partial charge in [0, 0.05) is 13.2 Å². The average Bonchev–Trinajstić information content (AvgIpc) is 2.31. The smallest absolute Gasteiger partial charge is 0.131 e. The van der Waals surface area contributed by atoms with Crippen molar-refractivity contribution in [3.8, 4) is 0 Å². The third kappa shape index (κ3) is 8.05. The standard InChI is InChI=1S/C12H27NO3/c1-3-8-11(12(15)13-2)16-10-7-5-4-6-9-14/h11-15H,3-10H2,1-2H3. The number of hydrogen-bond donors (Lipinski definition) is 3. The van der Waals surface area contributed by atoms with Crippen molar-refractivity contribution in [3.63, 3.8) is 0 Å². The fourth-order valence-corrected chi connectivity index (χ4v) is 1.60. The maximum absolute atomic E-state index is 9.62. The normalized spacial score (nSPS) is 15.0. The van der Waals surface area contributed by atoms with Crippen molar-refractivity contribution in [2.24, 2.45) is 0 Å². The molecule has 0 aromatic rings. The summed E-state index contributed by atoms with van der Waals surface area (Å²) < 4.78 is 5.64. The molecule has 0 saturated heterocycles. The third-order valence-electron chi connectivity index (χ3n) is 2.61. The maximum Gasteiger partial charge on any atom is 0.131 e. The Morgan fingerprint density at radius 3 is 2.44 bits per heavy atom. The molecule has 0 radical (unpaired) electrons. The predicted octanol–water partition coefficient (Wildman–Crippen LogP) is 1.26. The van der Waals surface area contributed by atoms with Crippen LogP contribution in [0.25, 0.3) is 0 Å². The van der Waals surface area contributed by atoms with Gasteiger partial charge in [0.05, 0.1) is 6.10 Å². The van der Waals surface area contributed by atoms with Crippen molar-refractivity contribution in [3.05, 3.63) is 0 Å². The first-order chi connectivity index (χ1) is 7.76. The first-order valence-electron chi connectivity index (χ1n) is 6.34. The zero-order valence-corrected chi connectivity index (χ0v) is 10.6. The van der Waals surface area contributed by atoms with Crippen LogP contribution in [0.15, 0.2) is 0 Å². The summed E-state index contributed by atoms with van der Waals surface area (Å²) in [5.74, 6) is 0. The van der Waals surface area contributed by atoms with Gasteiger partial charge in [-0.05, 0) is 26.3 Å². The van der Waals surface area contributed by atoms with E-state index in [9.17, 15) is 5.11 Å². The summed E-state index contributed by atoms with van der Waals surface area (Å²) in [5.41, 5.74) is 0. The predicted molar refractivity (Wildman–Crippen MR) is 65.3 cm³/mol. The minimum Gasteiger partial charge on any atom is -0.396 e. The zero-order valence-electron chi connectivity index (χ0n) is 10.6. The van der Waals surface area contributed by atoms with Crippen LogP contribution in [-0.4, -0.2) is 42.8 Å². The Balaban J connectivity index is 3.52. The summed E-state index contributed by atoms with van der Waals surface area (Å²) in [4.78, 5) is 0. The van der Waals surface area contributed by atoms with E-state index in [4.69, 9.17) is 9.84 Å². The van der Waals surface area contributed by atoms with E-state index in [0.717, 1.165) is 38.5 Å². The van der Waals surface area contributed by atoms with Crippen molar-refractivity contribution in [1.82, 2.24) is 5.32 Å². The highest BCUT2D eigenvalue weighted by Crippen LogP contribution is 2.08. The molecule has 0 fully saturated rings. The molecule has 0 bridgehead atoms. The van der Waals surface area contributed by atoms with E-state index in [1.165, 1.54) is 0 Å². The van der Waals surface area contributed by atoms with E-state index in [-0.39, 0.29) is 12.7 Å². The number of aliphatic hydroxyl groups excluding tert-OH is 2. The monoisotopic (exact) mass is 233 g/mol. The molecular formula is C12H27NO3. The van der Waals surface area contributed by atoms with Gasteiger partial charge in [0.2, 0.25) is 0 Å². The Morgan fingerprint density at radius 2 is 1.88 bits per heavy atom. The molecule has 0 heterocycles. The lowest BCUT2D eigenvalue weighted by molar-refractivity contribution is -0.0536. The highest BCUT2D eigenvalue weighted by Gasteiger charge is 2.16. The molecule has 0 aromatic carbocycles. The molecule has 0 amide bonds. The summed E-state index contributed by atoms with van der Waals surface area (Å²) >= 11 is 0. The van der Waals surface area contributed by atoms with Crippen molar-refractivity contribution < 1.29 is 14.9 Å². The van der Waals surface area contributed by atoms with Crippen molar-refractivity contribution in [2.75, 3.05) is 20.3 Å². The number of likely N-dealkylation sites (N-methyl/N-ethyl adjacent to an activating group) is 1. The molecule has 4 nitrogen and oxygen atoms in total. The summed E-state index contributed by atoms with van der Waals surface area (Å²) in [7, 11) is 1.73. The van der Waals surface area contributed by atoms with Crippen LogP contribution >= 0.6 is 0 Å². The highest BCUT2D eigenvalue weighted by molar-refractivity contribution is 4.64. The molecule has 3 N–H and O–H groups in total. The largest absolute Gasteiger partial charge is 0.396 e. The van der Waals surface area contributed by atoms with Gasteiger partial charge < -0.3 is 14.9 Å². The summed E-state index contributed by atoms with van der Waals surface area (Å²) in [6.45, 7) is 3.05. The molecule has 0 aromatic heterocycles. The lowest BCUT2D eigenvalue weighted by Crippen LogP contribution is -2.39. The lowest BCUT2D eigenvalue weighted by atomic mass is 10.1. The van der Waals surface area contributed by atoms with Crippen LogP contribution in [0.4, 0.5) is 0 Å². The van der Waals surface area contributed by atoms with Gasteiger partial charge in [-0.15, -0.1) is 0 Å². The number of ether oxygens (including phenoxy) is 1.